The van der Waals surface area contributed by atoms with Gasteiger partial charge in [-0.3, -0.25) is 4.40 Å². The van der Waals surface area contributed by atoms with E-state index in [9.17, 15) is 0 Å². The lowest BCUT2D eigenvalue weighted by Crippen LogP contribution is -1.96. The van der Waals surface area contributed by atoms with Crippen LogP contribution in [0.5, 0.6) is 5.75 Å². The lowest BCUT2D eigenvalue weighted by atomic mass is 10.1. The number of imidazole rings is 1. The predicted octanol–water partition coefficient (Wildman–Crippen LogP) is 4.56. The standard InChI is InChI=1S/C19H15N3OS/c1-23-15-9-7-14(8-10-15)17-13-18-20-11-12-22(18)19(21-17)24-16-5-3-2-4-6-16/h2-13H,1H3. The predicted molar refractivity (Wildman–Crippen MR) is 95.5 cm³/mol. The zero-order valence-corrected chi connectivity index (χ0v) is 13.9. The second-order valence-electron chi connectivity index (χ2n) is 5.22. The minimum atomic E-state index is 0.833. The van der Waals surface area contributed by atoms with Crippen LogP contribution in [0.25, 0.3) is 16.9 Å². The van der Waals surface area contributed by atoms with Gasteiger partial charge in [-0.2, -0.15) is 0 Å². The first-order valence-electron chi connectivity index (χ1n) is 7.55. The van der Waals surface area contributed by atoms with E-state index >= 15 is 0 Å². The molecule has 2 aromatic carbocycles. The summed E-state index contributed by atoms with van der Waals surface area (Å²) >= 11 is 1.63. The van der Waals surface area contributed by atoms with Crippen molar-refractivity contribution in [2.24, 2.45) is 0 Å². The molecule has 0 radical (unpaired) electrons. The van der Waals surface area contributed by atoms with E-state index < -0.39 is 0 Å². The maximum absolute atomic E-state index is 5.22. The van der Waals surface area contributed by atoms with Crippen LogP contribution in [0.3, 0.4) is 0 Å². The highest BCUT2D eigenvalue weighted by Gasteiger charge is 2.10. The fourth-order valence-electron chi connectivity index (χ4n) is 2.47. The van der Waals surface area contributed by atoms with E-state index in [0.29, 0.717) is 0 Å². The second-order valence-corrected chi connectivity index (χ2v) is 6.26. The molecule has 0 spiro atoms. The highest BCUT2D eigenvalue weighted by Crippen LogP contribution is 2.29. The molecule has 0 atom stereocenters. The molecule has 4 aromatic rings. The highest BCUT2D eigenvalue weighted by molar-refractivity contribution is 7.99. The van der Waals surface area contributed by atoms with E-state index in [-0.39, 0.29) is 0 Å². The van der Waals surface area contributed by atoms with Gasteiger partial charge in [-0.1, -0.05) is 30.0 Å². The third kappa shape index (κ3) is 2.86. The lowest BCUT2D eigenvalue weighted by molar-refractivity contribution is 0.415. The van der Waals surface area contributed by atoms with Crippen molar-refractivity contribution in [1.29, 1.82) is 0 Å². The van der Waals surface area contributed by atoms with E-state index in [1.807, 2.05) is 59.1 Å². The molecule has 0 unspecified atom stereocenters. The van der Waals surface area contributed by atoms with Gasteiger partial charge < -0.3 is 4.74 Å². The Morgan fingerprint density at radius 1 is 1.00 bits per heavy atom. The molecule has 4 nitrogen and oxygen atoms in total. The number of rotatable bonds is 4. The monoisotopic (exact) mass is 333 g/mol. The highest BCUT2D eigenvalue weighted by atomic mass is 32.2. The summed E-state index contributed by atoms with van der Waals surface area (Å²) in [5.74, 6) is 0.833. The molecule has 0 aliphatic rings. The minimum Gasteiger partial charge on any atom is -0.497 e. The number of aromatic nitrogens is 3. The maximum atomic E-state index is 5.22. The molecule has 0 bridgehead atoms. The van der Waals surface area contributed by atoms with E-state index in [0.717, 1.165) is 32.7 Å². The van der Waals surface area contributed by atoms with Gasteiger partial charge in [0.15, 0.2) is 5.16 Å². The molecule has 118 valence electrons. The quantitative estimate of drug-likeness (QED) is 0.513. The van der Waals surface area contributed by atoms with Gasteiger partial charge in [0, 0.05) is 28.9 Å². The number of nitrogens with zero attached hydrogens (tertiary/aromatic N) is 3. The number of hydrogen-bond acceptors (Lipinski definition) is 4. The molecular formula is C19H15N3OS. The van der Waals surface area contributed by atoms with Crippen molar-refractivity contribution in [3.63, 3.8) is 0 Å². The fraction of sp³-hybridized carbons (Fsp3) is 0.0526. The summed E-state index contributed by atoms with van der Waals surface area (Å²) in [7, 11) is 1.67. The topological polar surface area (TPSA) is 39.4 Å². The van der Waals surface area contributed by atoms with E-state index in [1.54, 1.807) is 25.1 Å². The van der Waals surface area contributed by atoms with Crippen molar-refractivity contribution >= 4 is 17.4 Å². The molecule has 0 aliphatic carbocycles. The zero-order valence-electron chi connectivity index (χ0n) is 13.1. The molecule has 0 fully saturated rings. The molecule has 2 aromatic heterocycles. The first-order chi connectivity index (χ1) is 11.8. The van der Waals surface area contributed by atoms with Gasteiger partial charge in [0.25, 0.3) is 0 Å². The summed E-state index contributed by atoms with van der Waals surface area (Å²) in [6.45, 7) is 0. The summed E-state index contributed by atoms with van der Waals surface area (Å²) in [6.07, 6.45) is 3.73. The normalized spacial score (nSPS) is 10.9. The van der Waals surface area contributed by atoms with Gasteiger partial charge in [0.1, 0.15) is 11.4 Å². The summed E-state index contributed by atoms with van der Waals surface area (Å²) in [6, 6.07) is 20.1. The van der Waals surface area contributed by atoms with Crippen molar-refractivity contribution < 1.29 is 4.74 Å². The van der Waals surface area contributed by atoms with Crippen molar-refractivity contribution in [1.82, 2.24) is 14.4 Å². The largest absolute Gasteiger partial charge is 0.497 e. The van der Waals surface area contributed by atoms with Gasteiger partial charge in [0.2, 0.25) is 0 Å². The smallest absolute Gasteiger partial charge is 0.179 e. The van der Waals surface area contributed by atoms with Gasteiger partial charge in [-0.05, 0) is 36.4 Å². The van der Waals surface area contributed by atoms with Crippen LogP contribution < -0.4 is 4.74 Å². The third-order valence-corrected chi connectivity index (χ3v) is 4.67. The Labute approximate surface area is 144 Å². The second kappa shape index (κ2) is 6.37. The van der Waals surface area contributed by atoms with Crippen molar-refractivity contribution in [2.75, 3.05) is 7.11 Å². The molecule has 0 amide bonds. The molecule has 4 rings (SSSR count). The molecule has 0 aliphatic heterocycles. The maximum Gasteiger partial charge on any atom is 0.179 e. The van der Waals surface area contributed by atoms with Gasteiger partial charge in [-0.25, -0.2) is 9.97 Å². The third-order valence-electron chi connectivity index (χ3n) is 3.70. The van der Waals surface area contributed by atoms with Crippen LogP contribution >= 0.6 is 11.8 Å². The molecule has 0 saturated heterocycles. The van der Waals surface area contributed by atoms with Crippen LogP contribution in [0.2, 0.25) is 0 Å². The lowest BCUT2D eigenvalue weighted by Gasteiger charge is -2.08. The van der Waals surface area contributed by atoms with Crippen LogP contribution in [0, 0.1) is 0 Å². The first-order valence-corrected chi connectivity index (χ1v) is 8.36. The Kier molecular flexibility index (Phi) is 3.92. The first kappa shape index (κ1) is 14.8. The zero-order chi connectivity index (χ0) is 16.4. The number of fused-ring (bicyclic) bond motifs is 1. The van der Waals surface area contributed by atoms with Crippen LogP contribution in [0.1, 0.15) is 0 Å². The van der Waals surface area contributed by atoms with Gasteiger partial charge in [-0.15, -0.1) is 0 Å². The fourth-order valence-corrected chi connectivity index (χ4v) is 3.37. The number of hydrogen-bond donors (Lipinski definition) is 0. The SMILES string of the molecule is COc1ccc(-c2cc3nccn3c(Sc3ccccc3)n2)cc1. The van der Waals surface area contributed by atoms with Crippen LogP contribution in [0.15, 0.2) is 83.1 Å². The summed E-state index contributed by atoms with van der Waals surface area (Å²) in [5, 5.41) is 0.891. The van der Waals surface area contributed by atoms with Crippen LogP contribution in [0.4, 0.5) is 0 Å². The minimum absolute atomic E-state index is 0.833. The Morgan fingerprint density at radius 3 is 2.54 bits per heavy atom. The average molecular weight is 333 g/mol. The van der Waals surface area contributed by atoms with E-state index in [4.69, 9.17) is 9.72 Å². The molecule has 0 N–H and O–H groups in total. The average Bonchev–Trinajstić information content (AvgIpc) is 3.11. The molecular weight excluding hydrogens is 318 g/mol. The number of benzene rings is 2. The Hall–Kier alpha value is -2.79. The van der Waals surface area contributed by atoms with Crippen molar-refractivity contribution in [3.05, 3.63) is 73.1 Å². The summed E-state index contributed by atoms with van der Waals surface area (Å²) in [4.78, 5) is 10.4. The Balaban J connectivity index is 1.79. The van der Waals surface area contributed by atoms with Gasteiger partial charge in [0.05, 0.1) is 12.8 Å². The van der Waals surface area contributed by atoms with E-state index in [2.05, 4.69) is 17.1 Å². The number of ether oxygens (including phenoxy) is 1. The van der Waals surface area contributed by atoms with Crippen molar-refractivity contribution in [3.8, 4) is 17.0 Å². The summed E-state index contributed by atoms with van der Waals surface area (Å²) < 4.78 is 7.23. The molecule has 0 saturated carbocycles. The summed E-state index contributed by atoms with van der Waals surface area (Å²) in [5.41, 5.74) is 2.82. The van der Waals surface area contributed by atoms with Crippen LogP contribution in [-0.4, -0.2) is 21.5 Å². The van der Waals surface area contributed by atoms with Crippen LogP contribution in [-0.2, 0) is 0 Å². The Bertz CT molecular complexity index is 965. The molecule has 5 heteroatoms. The number of methoxy groups -OCH3 is 1. The Morgan fingerprint density at radius 2 is 1.79 bits per heavy atom. The molecule has 2 heterocycles. The van der Waals surface area contributed by atoms with Crippen molar-refractivity contribution in [2.45, 2.75) is 10.1 Å². The molecule has 24 heavy (non-hydrogen) atoms. The van der Waals surface area contributed by atoms with E-state index in [1.165, 1.54) is 0 Å². The van der Waals surface area contributed by atoms with Gasteiger partial charge >= 0.3 is 0 Å².